The Morgan fingerprint density at radius 1 is 1.20 bits per heavy atom. The van der Waals surface area contributed by atoms with Gasteiger partial charge in [0.15, 0.2) is 10.8 Å². The standard InChI is InChI=1S/C14H16N4OS/c1-8-5-6-9(10(19)7-8)11-17-18-12(14(2,3)4)15-16-13(18)20-11/h5-7,19H,1-4H3. The van der Waals surface area contributed by atoms with E-state index in [9.17, 15) is 5.11 Å². The van der Waals surface area contributed by atoms with Gasteiger partial charge in [-0.2, -0.15) is 9.61 Å². The number of aromatic hydroxyl groups is 1. The first-order chi connectivity index (χ1) is 9.36. The van der Waals surface area contributed by atoms with Gasteiger partial charge in [0.2, 0.25) is 4.96 Å². The first kappa shape index (κ1) is 13.1. The summed E-state index contributed by atoms with van der Waals surface area (Å²) < 4.78 is 1.76. The Labute approximate surface area is 120 Å². The van der Waals surface area contributed by atoms with E-state index in [1.165, 1.54) is 11.3 Å². The molecule has 0 radical (unpaired) electrons. The summed E-state index contributed by atoms with van der Waals surface area (Å²) in [6, 6.07) is 5.58. The molecule has 6 heteroatoms. The second-order valence-corrected chi connectivity index (χ2v) is 6.85. The number of rotatable bonds is 1. The average Bonchev–Trinajstić information content (AvgIpc) is 2.86. The van der Waals surface area contributed by atoms with Crippen LogP contribution >= 0.6 is 11.3 Å². The summed E-state index contributed by atoms with van der Waals surface area (Å²) in [6.45, 7) is 8.17. The van der Waals surface area contributed by atoms with Gasteiger partial charge < -0.3 is 5.11 Å². The minimum Gasteiger partial charge on any atom is -0.507 e. The third-order valence-corrected chi connectivity index (χ3v) is 3.98. The molecule has 0 aliphatic carbocycles. The lowest BCUT2D eigenvalue weighted by Crippen LogP contribution is -2.16. The van der Waals surface area contributed by atoms with Gasteiger partial charge in [-0.25, -0.2) is 0 Å². The van der Waals surface area contributed by atoms with E-state index in [-0.39, 0.29) is 11.2 Å². The SMILES string of the molecule is Cc1ccc(-c2nn3c(C(C)(C)C)nnc3s2)c(O)c1. The van der Waals surface area contributed by atoms with Crippen molar-refractivity contribution in [2.24, 2.45) is 0 Å². The first-order valence-corrected chi connectivity index (χ1v) is 7.20. The largest absolute Gasteiger partial charge is 0.507 e. The second kappa shape index (κ2) is 4.28. The van der Waals surface area contributed by atoms with Crippen LogP contribution in [0.3, 0.4) is 0 Å². The fourth-order valence-electron chi connectivity index (χ4n) is 2.02. The minimum atomic E-state index is -0.125. The van der Waals surface area contributed by atoms with Gasteiger partial charge in [0.1, 0.15) is 5.75 Å². The van der Waals surface area contributed by atoms with Gasteiger partial charge >= 0.3 is 0 Å². The zero-order valence-corrected chi connectivity index (χ0v) is 12.7. The fraction of sp³-hybridized carbons (Fsp3) is 0.357. The lowest BCUT2D eigenvalue weighted by atomic mass is 9.96. The van der Waals surface area contributed by atoms with E-state index >= 15 is 0 Å². The van der Waals surface area contributed by atoms with Gasteiger partial charge in [0.05, 0.1) is 5.56 Å². The molecule has 0 unspecified atom stereocenters. The molecule has 2 aromatic heterocycles. The van der Waals surface area contributed by atoms with Crippen molar-refractivity contribution in [3.8, 4) is 16.3 Å². The molecule has 5 nitrogen and oxygen atoms in total. The molecule has 0 saturated heterocycles. The summed E-state index contributed by atoms with van der Waals surface area (Å²) in [5, 5.41) is 23.7. The van der Waals surface area contributed by atoms with Gasteiger partial charge in [0, 0.05) is 5.41 Å². The molecule has 0 atom stereocenters. The quantitative estimate of drug-likeness (QED) is 0.747. The van der Waals surface area contributed by atoms with Crippen LogP contribution in [0.4, 0.5) is 0 Å². The van der Waals surface area contributed by atoms with Crippen LogP contribution in [0.15, 0.2) is 18.2 Å². The van der Waals surface area contributed by atoms with Gasteiger partial charge in [-0.15, -0.1) is 10.2 Å². The number of nitrogens with zero attached hydrogens (tertiary/aromatic N) is 4. The monoisotopic (exact) mass is 288 g/mol. The van der Waals surface area contributed by atoms with E-state index in [0.717, 1.165) is 26.9 Å². The Kier molecular flexibility index (Phi) is 2.79. The maximum absolute atomic E-state index is 10.1. The average molecular weight is 288 g/mol. The maximum atomic E-state index is 10.1. The summed E-state index contributed by atoms with van der Waals surface area (Å²) in [5.74, 6) is 1.06. The molecular weight excluding hydrogens is 272 g/mol. The van der Waals surface area contributed by atoms with Crippen molar-refractivity contribution in [2.75, 3.05) is 0 Å². The number of aromatic nitrogens is 4. The summed E-state index contributed by atoms with van der Waals surface area (Å²) in [7, 11) is 0. The molecule has 0 saturated carbocycles. The van der Waals surface area contributed by atoms with Crippen LogP contribution in [-0.2, 0) is 5.41 Å². The lowest BCUT2D eigenvalue weighted by Gasteiger charge is -2.13. The van der Waals surface area contributed by atoms with Crippen LogP contribution in [0.5, 0.6) is 5.75 Å². The topological polar surface area (TPSA) is 63.3 Å². The van der Waals surface area contributed by atoms with Crippen LogP contribution in [0, 0.1) is 6.92 Å². The predicted octanol–water partition coefficient (Wildman–Crippen LogP) is 3.16. The van der Waals surface area contributed by atoms with Gasteiger partial charge in [-0.1, -0.05) is 38.2 Å². The summed E-state index contributed by atoms with van der Waals surface area (Å²) in [5.41, 5.74) is 1.62. The van der Waals surface area contributed by atoms with E-state index in [1.807, 2.05) is 19.1 Å². The number of phenolic OH excluding ortho intramolecular Hbond substituents is 1. The molecule has 0 aliphatic rings. The number of aryl methyl sites for hydroxylation is 1. The van der Waals surface area contributed by atoms with Crippen molar-refractivity contribution in [3.63, 3.8) is 0 Å². The van der Waals surface area contributed by atoms with Crippen molar-refractivity contribution in [3.05, 3.63) is 29.6 Å². The molecule has 1 aromatic carbocycles. The van der Waals surface area contributed by atoms with Gasteiger partial charge in [0.25, 0.3) is 0 Å². The molecule has 0 spiro atoms. The van der Waals surface area contributed by atoms with Crippen LogP contribution < -0.4 is 0 Å². The summed E-state index contributed by atoms with van der Waals surface area (Å²) in [4.78, 5) is 0.741. The third-order valence-electron chi connectivity index (χ3n) is 3.05. The molecule has 0 fully saturated rings. The molecule has 20 heavy (non-hydrogen) atoms. The number of fused-ring (bicyclic) bond motifs is 1. The van der Waals surface area contributed by atoms with Crippen LogP contribution in [0.1, 0.15) is 32.2 Å². The molecule has 2 heterocycles. The highest BCUT2D eigenvalue weighted by atomic mass is 32.1. The predicted molar refractivity (Wildman–Crippen MR) is 79.2 cm³/mol. The maximum Gasteiger partial charge on any atom is 0.235 e. The first-order valence-electron chi connectivity index (χ1n) is 6.39. The fourth-order valence-corrected chi connectivity index (χ4v) is 2.89. The van der Waals surface area contributed by atoms with Crippen molar-refractivity contribution in [2.45, 2.75) is 33.1 Å². The second-order valence-electron chi connectivity index (χ2n) is 5.90. The smallest absolute Gasteiger partial charge is 0.235 e. The summed E-state index contributed by atoms with van der Waals surface area (Å²) >= 11 is 1.43. The number of phenols is 1. The normalized spacial score (nSPS) is 12.2. The van der Waals surface area contributed by atoms with Crippen molar-refractivity contribution in [1.29, 1.82) is 0 Å². The van der Waals surface area contributed by atoms with Crippen molar-refractivity contribution >= 4 is 16.3 Å². The molecule has 104 valence electrons. The van der Waals surface area contributed by atoms with E-state index in [2.05, 4.69) is 36.1 Å². The minimum absolute atomic E-state index is 0.125. The molecule has 0 amide bonds. The zero-order valence-electron chi connectivity index (χ0n) is 11.9. The Balaban J connectivity index is 2.16. The van der Waals surface area contributed by atoms with E-state index in [0.29, 0.717) is 0 Å². The van der Waals surface area contributed by atoms with Crippen molar-refractivity contribution in [1.82, 2.24) is 19.8 Å². The molecule has 0 aliphatic heterocycles. The Morgan fingerprint density at radius 2 is 1.95 bits per heavy atom. The molecule has 3 rings (SSSR count). The highest BCUT2D eigenvalue weighted by molar-refractivity contribution is 7.19. The van der Waals surface area contributed by atoms with E-state index in [4.69, 9.17) is 0 Å². The molecule has 3 aromatic rings. The van der Waals surface area contributed by atoms with Gasteiger partial charge in [-0.3, -0.25) is 0 Å². The lowest BCUT2D eigenvalue weighted by molar-refractivity contribution is 0.476. The molecule has 0 bridgehead atoms. The van der Waals surface area contributed by atoms with Crippen LogP contribution in [-0.4, -0.2) is 24.9 Å². The molecular formula is C14H16N4OS. The number of hydrogen-bond acceptors (Lipinski definition) is 5. The zero-order chi connectivity index (χ0) is 14.5. The number of hydrogen-bond donors (Lipinski definition) is 1. The van der Waals surface area contributed by atoms with E-state index in [1.54, 1.807) is 10.6 Å². The Hall–Kier alpha value is -1.95. The Morgan fingerprint density at radius 3 is 2.60 bits per heavy atom. The summed E-state index contributed by atoms with van der Waals surface area (Å²) in [6.07, 6.45) is 0. The van der Waals surface area contributed by atoms with Crippen molar-refractivity contribution < 1.29 is 5.11 Å². The highest BCUT2D eigenvalue weighted by Crippen LogP contribution is 2.34. The van der Waals surface area contributed by atoms with Gasteiger partial charge in [-0.05, 0) is 24.6 Å². The van der Waals surface area contributed by atoms with E-state index < -0.39 is 0 Å². The van der Waals surface area contributed by atoms with Crippen LogP contribution in [0.2, 0.25) is 0 Å². The van der Waals surface area contributed by atoms with Crippen LogP contribution in [0.25, 0.3) is 15.5 Å². The molecule has 1 N–H and O–H groups in total. The third kappa shape index (κ3) is 2.06. The Bertz CT molecular complexity index is 782. The highest BCUT2D eigenvalue weighted by Gasteiger charge is 2.24. The number of benzene rings is 1.